The lowest BCUT2D eigenvalue weighted by molar-refractivity contribution is 0.0569. The van der Waals surface area contributed by atoms with E-state index < -0.39 is 15.3 Å². The van der Waals surface area contributed by atoms with Gasteiger partial charge in [-0.25, -0.2) is 13.1 Å². The number of hydrogen-bond acceptors (Lipinski definition) is 3. The zero-order valence-corrected chi connectivity index (χ0v) is 15.0. The van der Waals surface area contributed by atoms with Gasteiger partial charge in [0.15, 0.2) is 0 Å². The first-order valence-electron chi connectivity index (χ1n) is 7.32. The van der Waals surface area contributed by atoms with E-state index in [1.807, 2.05) is 13.8 Å². The van der Waals surface area contributed by atoms with Crippen LogP contribution in [-0.4, -0.2) is 32.9 Å². The van der Waals surface area contributed by atoms with Crippen molar-refractivity contribution < 1.29 is 13.2 Å². The van der Waals surface area contributed by atoms with Crippen LogP contribution in [0.4, 0.5) is 0 Å². The highest BCUT2D eigenvalue weighted by Gasteiger charge is 2.36. The zero-order chi connectivity index (χ0) is 16.3. The van der Waals surface area contributed by atoms with E-state index >= 15 is 0 Å². The van der Waals surface area contributed by atoms with Gasteiger partial charge in [0.2, 0.25) is 10.0 Å². The Bertz CT molecular complexity index is 619. The molecule has 1 aromatic rings. The highest BCUT2D eigenvalue weighted by atomic mass is 35.5. The van der Waals surface area contributed by atoms with E-state index in [1.165, 1.54) is 0 Å². The summed E-state index contributed by atoms with van der Waals surface area (Å²) in [5, 5.41) is 0.720. The summed E-state index contributed by atoms with van der Waals surface area (Å²) in [5.41, 5.74) is 0.856. The number of hydrogen-bond donors (Lipinski definition) is 1. The number of sulfonamides is 1. The molecular weight excluding hydrogens is 345 g/mol. The molecule has 1 N–H and O–H groups in total. The molecule has 1 saturated heterocycles. The molecule has 1 aliphatic heterocycles. The average molecular weight is 366 g/mol. The van der Waals surface area contributed by atoms with Gasteiger partial charge < -0.3 is 4.74 Å². The molecule has 22 heavy (non-hydrogen) atoms. The van der Waals surface area contributed by atoms with E-state index in [-0.39, 0.29) is 12.0 Å². The van der Waals surface area contributed by atoms with E-state index in [1.54, 1.807) is 18.2 Å². The van der Waals surface area contributed by atoms with Gasteiger partial charge in [0.1, 0.15) is 0 Å². The lowest BCUT2D eigenvalue weighted by atomic mass is 9.93. The third-order valence-corrected chi connectivity index (χ3v) is 6.51. The largest absolute Gasteiger partial charge is 0.381 e. The summed E-state index contributed by atoms with van der Waals surface area (Å²) in [7, 11) is -3.38. The molecular formula is C15H21Cl2NO3S. The molecule has 1 aromatic carbocycles. The van der Waals surface area contributed by atoms with Gasteiger partial charge in [0, 0.05) is 28.6 Å². The van der Waals surface area contributed by atoms with E-state index in [0.717, 1.165) is 5.56 Å². The lowest BCUT2D eigenvalue weighted by Crippen LogP contribution is -2.46. The van der Waals surface area contributed by atoms with Crippen molar-refractivity contribution in [3.05, 3.63) is 33.8 Å². The van der Waals surface area contributed by atoms with Crippen molar-refractivity contribution in [1.82, 2.24) is 4.72 Å². The Balaban J connectivity index is 2.21. The topological polar surface area (TPSA) is 55.4 Å². The van der Waals surface area contributed by atoms with Crippen molar-refractivity contribution in [2.75, 3.05) is 13.2 Å². The summed E-state index contributed by atoms with van der Waals surface area (Å²) in [6, 6.07) is 5.12. The Kier molecular flexibility index (Phi) is 6.14. The van der Waals surface area contributed by atoms with Crippen molar-refractivity contribution in [1.29, 1.82) is 0 Å². The second-order valence-corrected chi connectivity index (χ2v) is 8.69. The van der Waals surface area contributed by atoms with Crippen LogP contribution < -0.4 is 4.72 Å². The Morgan fingerprint density at radius 2 is 2.09 bits per heavy atom. The first kappa shape index (κ1) is 18.0. The summed E-state index contributed by atoms with van der Waals surface area (Å²) in [6.07, 6.45) is 1.02. The standard InChI is InChI=1S/C15H21Cl2NO3S/c1-10(2)18-22(19,20)15-5-6-21-9-12(15)7-11-8-13(16)3-4-14(11)17/h3-4,8,10,12,15,18H,5-7,9H2,1-2H3/t12-,15+/m1/s1. The maximum Gasteiger partial charge on any atom is 0.215 e. The van der Waals surface area contributed by atoms with Crippen LogP contribution in [0.5, 0.6) is 0 Å². The Hall–Kier alpha value is -0.330. The summed E-state index contributed by atoms with van der Waals surface area (Å²) in [6.45, 7) is 4.51. The van der Waals surface area contributed by atoms with Gasteiger partial charge in [-0.1, -0.05) is 23.2 Å². The summed E-state index contributed by atoms with van der Waals surface area (Å²) in [4.78, 5) is 0. The Morgan fingerprint density at radius 3 is 2.77 bits per heavy atom. The predicted molar refractivity (Wildman–Crippen MR) is 90.1 cm³/mol. The third kappa shape index (κ3) is 4.59. The van der Waals surface area contributed by atoms with Crippen LogP contribution in [0.3, 0.4) is 0 Å². The fourth-order valence-electron chi connectivity index (χ4n) is 2.77. The van der Waals surface area contributed by atoms with Crippen LogP contribution in [-0.2, 0) is 21.2 Å². The van der Waals surface area contributed by atoms with Crippen LogP contribution in [0.25, 0.3) is 0 Å². The minimum absolute atomic E-state index is 0.122. The SMILES string of the molecule is CC(C)NS(=O)(=O)[C@H]1CCOC[C@H]1Cc1cc(Cl)ccc1Cl. The maximum absolute atomic E-state index is 12.5. The van der Waals surface area contributed by atoms with Crippen molar-refractivity contribution >= 4 is 33.2 Å². The fraction of sp³-hybridized carbons (Fsp3) is 0.600. The Morgan fingerprint density at radius 1 is 1.36 bits per heavy atom. The molecule has 2 atom stereocenters. The molecule has 0 amide bonds. The number of halogens is 2. The molecule has 1 aliphatic rings. The van der Waals surface area contributed by atoms with Crippen molar-refractivity contribution in [3.8, 4) is 0 Å². The minimum atomic E-state index is -3.38. The highest BCUT2D eigenvalue weighted by molar-refractivity contribution is 7.90. The van der Waals surface area contributed by atoms with Gasteiger partial charge in [-0.2, -0.15) is 0 Å². The molecule has 0 saturated carbocycles. The van der Waals surface area contributed by atoms with Gasteiger partial charge in [-0.05, 0) is 50.5 Å². The number of benzene rings is 1. The van der Waals surface area contributed by atoms with Crippen LogP contribution in [0.1, 0.15) is 25.8 Å². The monoisotopic (exact) mass is 365 g/mol. The fourth-order valence-corrected chi connectivity index (χ4v) is 5.08. The second-order valence-electron chi connectivity index (χ2n) is 5.92. The molecule has 0 bridgehead atoms. The van der Waals surface area contributed by atoms with Crippen LogP contribution >= 0.6 is 23.2 Å². The van der Waals surface area contributed by atoms with E-state index in [4.69, 9.17) is 27.9 Å². The summed E-state index contributed by atoms with van der Waals surface area (Å²) < 4.78 is 33.2. The number of rotatable bonds is 5. The average Bonchev–Trinajstić information content (AvgIpc) is 2.42. The summed E-state index contributed by atoms with van der Waals surface area (Å²) >= 11 is 12.2. The molecule has 0 aliphatic carbocycles. The molecule has 0 unspecified atom stereocenters. The third-order valence-electron chi connectivity index (χ3n) is 3.69. The van der Waals surface area contributed by atoms with E-state index in [9.17, 15) is 8.42 Å². The molecule has 2 rings (SSSR count). The summed E-state index contributed by atoms with van der Waals surface area (Å²) in [5.74, 6) is -0.138. The highest BCUT2D eigenvalue weighted by Crippen LogP contribution is 2.29. The van der Waals surface area contributed by atoms with Crippen molar-refractivity contribution in [3.63, 3.8) is 0 Å². The van der Waals surface area contributed by atoms with Gasteiger partial charge >= 0.3 is 0 Å². The molecule has 1 heterocycles. The van der Waals surface area contributed by atoms with Crippen LogP contribution in [0.2, 0.25) is 10.0 Å². The van der Waals surface area contributed by atoms with Gasteiger partial charge in [0.05, 0.1) is 11.9 Å². The Labute approximate surface area is 142 Å². The van der Waals surface area contributed by atoms with E-state index in [0.29, 0.717) is 36.1 Å². The number of nitrogens with one attached hydrogen (secondary N) is 1. The minimum Gasteiger partial charge on any atom is -0.381 e. The normalized spacial score (nSPS) is 23.0. The quantitative estimate of drug-likeness (QED) is 0.870. The van der Waals surface area contributed by atoms with Crippen molar-refractivity contribution in [2.24, 2.45) is 5.92 Å². The van der Waals surface area contributed by atoms with Gasteiger partial charge in [-0.15, -0.1) is 0 Å². The van der Waals surface area contributed by atoms with Gasteiger partial charge in [0.25, 0.3) is 0 Å². The number of ether oxygens (including phenoxy) is 1. The van der Waals surface area contributed by atoms with E-state index in [2.05, 4.69) is 4.72 Å². The maximum atomic E-state index is 12.5. The molecule has 124 valence electrons. The molecule has 0 spiro atoms. The molecule has 0 aromatic heterocycles. The smallest absolute Gasteiger partial charge is 0.215 e. The first-order valence-corrected chi connectivity index (χ1v) is 9.62. The zero-order valence-electron chi connectivity index (χ0n) is 12.7. The van der Waals surface area contributed by atoms with Gasteiger partial charge in [-0.3, -0.25) is 0 Å². The molecule has 1 fully saturated rings. The van der Waals surface area contributed by atoms with Crippen LogP contribution in [0, 0.1) is 5.92 Å². The van der Waals surface area contributed by atoms with Crippen LogP contribution in [0.15, 0.2) is 18.2 Å². The molecule has 4 nitrogen and oxygen atoms in total. The lowest BCUT2D eigenvalue weighted by Gasteiger charge is -2.32. The molecule has 7 heteroatoms. The predicted octanol–water partition coefficient (Wildman–Crippen LogP) is 3.27. The van der Waals surface area contributed by atoms with Crippen molar-refractivity contribution in [2.45, 2.75) is 38.0 Å². The second kappa shape index (κ2) is 7.49. The first-order chi connectivity index (χ1) is 10.3. The molecule has 0 radical (unpaired) electrons.